The normalized spacial score (nSPS) is 26.7. The maximum absolute atomic E-state index is 11.1. The summed E-state index contributed by atoms with van der Waals surface area (Å²) < 4.78 is 5.47. The molecule has 0 radical (unpaired) electrons. The van der Waals surface area contributed by atoms with E-state index in [0.717, 1.165) is 25.9 Å². The van der Waals surface area contributed by atoms with Gasteiger partial charge in [-0.05, 0) is 26.3 Å². The quantitative estimate of drug-likeness (QED) is 0.504. The molecule has 3 N–H and O–H groups in total. The average molecular weight is 231 g/mol. The second-order valence-electron chi connectivity index (χ2n) is 4.38. The summed E-state index contributed by atoms with van der Waals surface area (Å²) in [4.78, 5) is 17.7. The Morgan fingerprint density at radius 2 is 2.38 bits per heavy atom. The molecule has 0 aromatic rings. The molecule has 0 bridgehead atoms. The highest BCUT2D eigenvalue weighted by molar-refractivity contribution is 5.69. The number of carbonyl (C=O) groups excluding carboxylic acids is 1. The molecule has 0 aliphatic carbocycles. The summed E-state index contributed by atoms with van der Waals surface area (Å²) in [6.45, 7) is 4.63. The van der Waals surface area contributed by atoms with Crippen LogP contribution in [0, 0.1) is 0 Å². The van der Waals surface area contributed by atoms with Crippen LogP contribution in [-0.4, -0.2) is 43.2 Å². The fourth-order valence-corrected chi connectivity index (χ4v) is 2.03. The molecule has 1 unspecified atom stereocenters. The lowest BCUT2D eigenvalue weighted by atomic mass is 9.95. The predicted octanol–water partition coefficient (Wildman–Crippen LogP) is -0.201. The Morgan fingerprint density at radius 3 is 3.00 bits per heavy atom. The van der Waals surface area contributed by atoms with Crippen LogP contribution in [0.4, 0.5) is 0 Å². The van der Waals surface area contributed by atoms with Gasteiger partial charge in [-0.2, -0.15) is 0 Å². The summed E-state index contributed by atoms with van der Waals surface area (Å²) in [5, 5.41) is 0. The van der Waals surface area contributed by atoms with Gasteiger partial charge in [0.05, 0.1) is 12.0 Å². The first-order chi connectivity index (χ1) is 7.59. The van der Waals surface area contributed by atoms with Crippen molar-refractivity contribution in [2.24, 2.45) is 5.84 Å². The lowest BCUT2D eigenvalue weighted by molar-refractivity contribution is -0.152. The maximum atomic E-state index is 11.1. The van der Waals surface area contributed by atoms with Gasteiger partial charge in [0.25, 0.3) is 0 Å². The molecule has 1 fully saturated rings. The van der Waals surface area contributed by atoms with E-state index in [1.54, 1.807) is 7.11 Å². The number of likely N-dealkylation sites (tertiary alicyclic amines) is 1. The van der Waals surface area contributed by atoms with Crippen molar-refractivity contribution in [2.45, 2.75) is 31.8 Å². The summed E-state index contributed by atoms with van der Waals surface area (Å²) >= 11 is 0. The molecule has 1 heterocycles. The number of piperidine rings is 1. The lowest BCUT2D eigenvalue weighted by Crippen LogP contribution is -2.48. The highest BCUT2D eigenvalue weighted by Gasteiger charge is 2.30. The second-order valence-corrected chi connectivity index (χ2v) is 4.38. The minimum absolute atomic E-state index is 0.0890. The highest BCUT2D eigenvalue weighted by atomic mass is 16.7. The van der Waals surface area contributed by atoms with Crippen LogP contribution < -0.4 is 11.4 Å². The summed E-state index contributed by atoms with van der Waals surface area (Å²) in [6, 6.07) is 0. The monoisotopic (exact) mass is 231 g/mol. The second kappa shape index (κ2) is 6.15. The molecule has 1 atom stereocenters. The topological polar surface area (TPSA) is 76.8 Å². The van der Waals surface area contributed by atoms with E-state index < -0.39 is 0 Å². The van der Waals surface area contributed by atoms with Gasteiger partial charge in [0.2, 0.25) is 0 Å². The zero-order valence-corrected chi connectivity index (χ0v) is 9.99. The SMILES string of the molecule is COC1(C)CCCN(CCC(=O)ONN)C1. The van der Waals surface area contributed by atoms with Crippen molar-refractivity contribution in [3.63, 3.8) is 0 Å². The standard InChI is InChI=1S/C10H21N3O3/c1-10(15-2)5-3-6-13(8-10)7-4-9(14)16-12-11/h12H,3-8,11H2,1-2H3. The smallest absolute Gasteiger partial charge is 0.327 e. The van der Waals surface area contributed by atoms with E-state index in [1.807, 2.05) is 5.59 Å². The number of hydrogen-bond acceptors (Lipinski definition) is 6. The van der Waals surface area contributed by atoms with Gasteiger partial charge in [-0.1, -0.05) is 5.59 Å². The molecule has 1 aliphatic rings. The van der Waals surface area contributed by atoms with E-state index in [9.17, 15) is 4.79 Å². The third-order valence-electron chi connectivity index (χ3n) is 3.04. The summed E-state index contributed by atoms with van der Waals surface area (Å²) in [7, 11) is 1.73. The van der Waals surface area contributed by atoms with Crippen molar-refractivity contribution in [1.82, 2.24) is 10.5 Å². The molecule has 6 heteroatoms. The first-order valence-electron chi connectivity index (χ1n) is 5.52. The van der Waals surface area contributed by atoms with Crippen molar-refractivity contribution in [1.29, 1.82) is 0 Å². The first kappa shape index (κ1) is 13.4. The van der Waals surface area contributed by atoms with Gasteiger partial charge in [-0.25, -0.2) is 5.84 Å². The average Bonchev–Trinajstić information content (AvgIpc) is 2.27. The molecule has 1 saturated heterocycles. The van der Waals surface area contributed by atoms with Crippen LogP contribution in [0.25, 0.3) is 0 Å². The summed E-state index contributed by atoms with van der Waals surface area (Å²) in [6.07, 6.45) is 2.49. The molecule has 6 nitrogen and oxygen atoms in total. The Balaban J connectivity index is 2.29. The van der Waals surface area contributed by atoms with Crippen molar-refractivity contribution in [3.05, 3.63) is 0 Å². The van der Waals surface area contributed by atoms with E-state index in [1.165, 1.54) is 0 Å². The van der Waals surface area contributed by atoms with Crippen LogP contribution in [0.15, 0.2) is 0 Å². The number of hydrogen-bond donors (Lipinski definition) is 2. The Labute approximate surface area is 96.0 Å². The maximum Gasteiger partial charge on any atom is 0.327 e. The number of rotatable bonds is 5. The third kappa shape index (κ3) is 4.05. The number of nitrogens with two attached hydrogens (primary N) is 1. The minimum Gasteiger partial charge on any atom is -0.377 e. The van der Waals surface area contributed by atoms with E-state index in [0.29, 0.717) is 13.0 Å². The zero-order valence-electron chi connectivity index (χ0n) is 9.99. The van der Waals surface area contributed by atoms with Gasteiger partial charge < -0.3 is 9.57 Å². The molecule has 0 aromatic carbocycles. The zero-order chi connectivity index (χ0) is 12.0. The Morgan fingerprint density at radius 1 is 1.62 bits per heavy atom. The molecule has 0 amide bonds. The van der Waals surface area contributed by atoms with E-state index in [-0.39, 0.29) is 11.6 Å². The number of nitrogens with one attached hydrogen (secondary N) is 1. The van der Waals surface area contributed by atoms with E-state index >= 15 is 0 Å². The lowest BCUT2D eigenvalue weighted by Gasteiger charge is -2.39. The summed E-state index contributed by atoms with van der Waals surface area (Å²) in [5.74, 6) is 4.54. The fraction of sp³-hybridized carbons (Fsp3) is 0.900. The molecule has 0 aromatic heterocycles. The molecule has 0 spiro atoms. The largest absolute Gasteiger partial charge is 0.377 e. The number of ether oxygens (including phenoxy) is 1. The minimum atomic E-state index is -0.341. The van der Waals surface area contributed by atoms with Crippen LogP contribution >= 0.6 is 0 Å². The Hall–Kier alpha value is -0.690. The number of nitrogens with zero attached hydrogens (tertiary/aromatic N) is 1. The summed E-state index contributed by atoms with van der Waals surface area (Å²) in [5.41, 5.74) is 1.80. The van der Waals surface area contributed by atoms with Crippen LogP contribution in [0.1, 0.15) is 26.2 Å². The van der Waals surface area contributed by atoms with E-state index in [4.69, 9.17) is 10.6 Å². The molecule has 1 rings (SSSR count). The molecule has 94 valence electrons. The van der Waals surface area contributed by atoms with Gasteiger partial charge in [0.15, 0.2) is 0 Å². The highest BCUT2D eigenvalue weighted by Crippen LogP contribution is 2.23. The van der Waals surface area contributed by atoms with Crippen LogP contribution in [0.2, 0.25) is 0 Å². The number of methoxy groups -OCH3 is 1. The van der Waals surface area contributed by atoms with Crippen molar-refractivity contribution < 1.29 is 14.4 Å². The molecule has 16 heavy (non-hydrogen) atoms. The third-order valence-corrected chi connectivity index (χ3v) is 3.04. The Kier molecular flexibility index (Phi) is 5.14. The Bertz CT molecular complexity index is 237. The molecule has 0 saturated carbocycles. The van der Waals surface area contributed by atoms with Crippen LogP contribution in [-0.2, 0) is 14.4 Å². The number of carbonyl (C=O) groups is 1. The van der Waals surface area contributed by atoms with Crippen molar-refractivity contribution in [3.8, 4) is 0 Å². The van der Waals surface area contributed by atoms with Gasteiger partial charge >= 0.3 is 5.97 Å². The number of hydrazine groups is 1. The predicted molar refractivity (Wildman–Crippen MR) is 59.1 cm³/mol. The van der Waals surface area contributed by atoms with Crippen LogP contribution in [0.5, 0.6) is 0 Å². The molecular formula is C10H21N3O3. The van der Waals surface area contributed by atoms with Crippen molar-refractivity contribution in [2.75, 3.05) is 26.7 Å². The van der Waals surface area contributed by atoms with Gasteiger partial charge in [0.1, 0.15) is 0 Å². The van der Waals surface area contributed by atoms with Gasteiger partial charge in [0, 0.05) is 20.2 Å². The first-order valence-corrected chi connectivity index (χ1v) is 5.52. The van der Waals surface area contributed by atoms with Crippen LogP contribution in [0.3, 0.4) is 0 Å². The molecule has 1 aliphatic heterocycles. The van der Waals surface area contributed by atoms with Gasteiger partial charge in [-0.15, -0.1) is 0 Å². The molecular weight excluding hydrogens is 210 g/mol. The van der Waals surface area contributed by atoms with Gasteiger partial charge in [-0.3, -0.25) is 9.69 Å². The van der Waals surface area contributed by atoms with Crippen molar-refractivity contribution >= 4 is 5.97 Å². The fourth-order valence-electron chi connectivity index (χ4n) is 2.03. The van der Waals surface area contributed by atoms with E-state index in [2.05, 4.69) is 16.7 Å².